The molecule has 0 saturated heterocycles. The minimum Gasteiger partial charge on any atom is -0.504 e. The van der Waals surface area contributed by atoms with E-state index in [9.17, 15) is 18.6 Å². The van der Waals surface area contributed by atoms with Crippen LogP contribution >= 0.6 is 0 Å². The van der Waals surface area contributed by atoms with Crippen LogP contribution in [0.2, 0.25) is 0 Å². The molecule has 6 nitrogen and oxygen atoms in total. The SMILES string of the molecule is C[C@@H](Cc1ccc(O)c(OCc2ccccc2)c1)[C@H](O)S(=O)(=O)O. The Kier molecular flexibility index (Phi) is 5.82. The third-order valence-corrected chi connectivity index (χ3v) is 4.69. The second kappa shape index (κ2) is 7.65. The Morgan fingerprint density at radius 1 is 1.08 bits per heavy atom. The quantitative estimate of drug-likeness (QED) is 0.661. The molecular formula is C17H20O6S. The Morgan fingerprint density at radius 3 is 2.38 bits per heavy atom. The van der Waals surface area contributed by atoms with Crippen LogP contribution in [0.1, 0.15) is 18.1 Å². The number of ether oxygens (including phenoxy) is 1. The van der Waals surface area contributed by atoms with Gasteiger partial charge in [-0.05, 0) is 29.7 Å². The Bertz CT molecular complexity index is 773. The van der Waals surface area contributed by atoms with Crippen molar-refractivity contribution < 1.29 is 27.9 Å². The van der Waals surface area contributed by atoms with Crippen LogP contribution in [0.5, 0.6) is 11.5 Å². The summed E-state index contributed by atoms with van der Waals surface area (Å²) in [6.45, 7) is 1.79. The maximum atomic E-state index is 11.0. The van der Waals surface area contributed by atoms with Crippen molar-refractivity contribution in [3.63, 3.8) is 0 Å². The molecule has 0 saturated carbocycles. The van der Waals surface area contributed by atoms with Gasteiger partial charge in [0.15, 0.2) is 16.9 Å². The minimum absolute atomic E-state index is 0.0299. The number of aromatic hydroxyl groups is 1. The zero-order chi connectivity index (χ0) is 17.7. The lowest BCUT2D eigenvalue weighted by Gasteiger charge is -2.17. The summed E-state index contributed by atoms with van der Waals surface area (Å²) in [6, 6.07) is 14.1. The largest absolute Gasteiger partial charge is 0.504 e. The number of phenols is 1. The summed E-state index contributed by atoms with van der Waals surface area (Å²) in [4.78, 5) is 0. The van der Waals surface area contributed by atoms with Gasteiger partial charge in [-0.1, -0.05) is 43.3 Å². The molecule has 2 atom stereocenters. The Balaban J connectivity index is 2.08. The fraction of sp³-hybridized carbons (Fsp3) is 0.294. The van der Waals surface area contributed by atoms with Gasteiger partial charge in [0.05, 0.1) is 0 Å². The molecule has 0 aliphatic heterocycles. The van der Waals surface area contributed by atoms with E-state index in [1.54, 1.807) is 12.1 Å². The van der Waals surface area contributed by atoms with Crippen molar-refractivity contribution in [1.82, 2.24) is 0 Å². The number of aliphatic hydroxyl groups excluding tert-OH is 1. The number of aliphatic hydroxyl groups is 1. The summed E-state index contributed by atoms with van der Waals surface area (Å²) < 4.78 is 36.5. The molecule has 130 valence electrons. The van der Waals surface area contributed by atoms with E-state index in [0.717, 1.165) is 5.56 Å². The summed E-state index contributed by atoms with van der Waals surface area (Å²) in [5, 5.41) is 19.4. The van der Waals surface area contributed by atoms with E-state index >= 15 is 0 Å². The molecule has 0 aliphatic carbocycles. The van der Waals surface area contributed by atoms with Gasteiger partial charge in [0.1, 0.15) is 6.61 Å². The normalized spacial score (nSPS) is 14.1. The minimum atomic E-state index is -4.51. The molecule has 0 bridgehead atoms. The third kappa shape index (κ3) is 4.95. The summed E-state index contributed by atoms with van der Waals surface area (Å²) in [7, 11) is -4.51. The highest BCUT2D eigenvalue weighted by Crippen LogP contribution is 2.29. The first-order valence-electron chi connectivity index (χ1n) is 7.40. The molecule has 0 spiro atoms. The van der Waals surface area contributed by atoms with Gasteiger partial charge >= 0.3 is 0 Å². The molecule has 0 amide bonds. The van der Waals surface area contributed by atoms with Crippen LogP contribution in [0.15, 0.2) is 48.5 Å². The number of benzene rings is 2. The fourth-order valence-electron chi connectivity index (χ4n) is 2.30. The average Bonchev–Trinajstić information content (AvgIpc) is 2.54. The van der Waals surface area contributed by atoms with Crippen molar-refractivity contribution in [2.24, 2.45) is 5.92 Å². The molecule has 2 aromatic carbocycles. The smallest absolute Gasteiger partial charge is 0.292 e. The van der Waals surface area contributed by atoms with Crippen molar-refractivity contribution in [2.45, 2.75) is 25.4 Å². The molecule has 3 N–H and O–H groups in total. The highest BCUT2D eigenvalue weighted by atomic mass is 32.2. The molecule has 0 aromatic heterocycles. The summed E-state index contributed by atoms with van der Waals surface area (Å²) in [6.07, 6.45) is 0.197. The van der Waals surface area contributed by atoms with E-state index < -0.39 is 21.5 Å². The lowest BCUT2D eigenvalue weighted by Crippen LogP contribution is -2.28. The summed E-state index contributed by atoms with van der Waals surface area (Å²) >= 11 is 0. The molecule has 2 rings (SSSR count). The fourth-order valence-corrected chi connectivity index (χ4v) is 2.99. The Morgan fingerprint density at radius 2 is 1.75 bits per heavy atom. The Hall–Kier alpha value is -2.09. The zero-order valence-corrected chi connectivity index (χ0v) is 14.0. The van der Waals surface area contributed by atoms with Gasteiger partial charge < -0.3 is 14.9 Å². The maximum Gasteiger partial charge on any atom is 0.292 e. The van der Waals surface area contributed by atoms with Crippen LogP contribution in [0, 0.1) is 5.92 Å². The first-order valence-corrected chi connectivity index (χ1v) is 8.90. The predicted molar refractivity (Wildman–Crippen MR) is 89.3 cm³/mol. The molecule has 0 unspecified atom stereocenters. The summed E-state index contributed by atoms with van der Waals surface area (Å²) in [5.41, 5.74) is -0.247. The Labute approximate surface area is 141 Å². The van der Waals surface area contributed by atoms with E-state index in [0.29, 0.717) is 5.56 Å². The van der Waals surface area contributed by atoms with Crippen LogP contribution in [0.25, 0.3) is 0 Å². The van der Waals surface area contributed by atoms with Crippen molar-refractivity contribution >= 4 is 10.1 Å². The highest BCUT2D eigenvalue weighted by Gasteiger charge is 2.26. The van der Waals surface area contributed by atoms with Crippen LogP contribution in [0.3, 0.4) is 0 Å². The van der Waals surface area contributed by atoms with Gasteiger partial charge in [-0.2, -0.15) is 8.42 Å². The number of hydrogen-bond donors (Lipinski definition) is 3. The van der Waals surface area contributed by atoms with Crippen molar-refractivity contribution in [2.75, 3.05) is 0 Å². The van der Waals surface area contributed by atoms with Crippen molar-refractivity contribution in [3.8, 4) is 11.5 Å². The maximum absolute atomic E-state index is 11.0. The molecule has 0 aliphatic rings. The number of hydrogen-bond acceptors (Lipinski definition) is 5. The van der Waals surface area contributed by atoms with Crippen molar-refractivity contribution in [1.29, 1.82) is 0 Å². The van der Waals surface area contributed by atoms with Gasteiger partial charge in [-0.25, -0.2) is 0 Å². The van der Waals surface area contributed by atoms with Crippen LogP contribution in [-0.2, 0) is 23.1 Å². The number of rotatable bonds is 7. The highest BCUT2D eigenvalue weighted by molar-refractivity contribution is 7.86. The van der Waals surface area contributed by atoms with E-state index in [1.807, 2.05) is 30.3 Å². The van der Waals surface area contributed by atoms with Gasteiger partial charge in [0.2, 0.25) is 0 Å². The standard InChI is InChI=1S/C17H20O6S/c1-12(17(19)24(20,21)22)9-14-7-8-15(18)16(10-14)23-11-13-5-3-2-4-6-13/h2-8,10,12,17-19H,9,11H2,1H3,(H,20,21,22)/t12-,17+/m0/s1. The molecule has 7 heteroatoms. The second-order valence-electron chi connectivity index (χ2n) is 5.66. The molecule has 2 aromatic rings. The second-order valence-corrected chi connectivity index (χ2v) is 7.18. The van der Waals surface area contributed by atoms with Crippen molar-refractivity contribution in [3.05, 3.63) is 59.7 Å². The molecule has 0 heterocycles. The van der Waals surface area contributed by atoms with E-state index in [1.165, 1.54) is 13.0 Å². The first kappa shape index (κ1) is 18.3. The molecular weight excluding hydrogens is 332 g/mol. The van der Waals surface area contributed by atoms with Crippen LogP contribution < -0.4 is 4.74 Å². The van der Waals surface area contributed by atoms with Crippen LogP contribution in [-0.4, -0.2) is 28.6 Å². The number of phenolic OH excluding ortho intramolecular Hbond substituents is 1. The molecule has 0 radical (unpaired) electrons. The van der Waals surface area contributed by atoms with Gasteiger partial charge in [-0.3, -0.25) is 4.55 Å². The van der Waals surface area contributed by atoms with E-state index in [2.05, 4.69) is 0 Å². The topological polar surface area (TPSA) is 104 Å². The third-order valence-electron chi connectivity index (χ3n) is 3.61. The average molecular weight is 352 g/mol. The van der Waals surface area contributed by atoms with Gasteiger partial charge in [-0.15, -0.1) is 0 Å². The predicted octanol–water partition coefficient (Wildman–Crippen LogP) is 2.36. The molecule has 24 heavy (non-hydrogen) atoms. The molecule has 0 fully saturated rings. The lowest BCUT2D eigenvalue weighted by atomic mass is 10.0. The first-order chi connectivity index (χ1) is 11.3. The van der Waals surface area contributed by atoms with Gasteiger partial charge in [0.25, 0.3) is 10.1 Å². The summed E-state index contributed by atoms with van der Waals surface area (Å²) in [5.74, 6) is -0.478. The lowest BCUT2D eigenvalue weighted by molar-refractivity contribution is 0.177. The van der Waals surface area contributed by atoms with E-state index in [4.69, 9.17) is 9.29 Å². The monoisotopic (exact) mass is 352 g/mol. The zero-order valence-electron chi connectivity index (χ0n) is 13.2. The van der Waals surface area contributed by atoms with E-state index in [-0.39, 0.29) is 24.5 Å². The van der Waals surface area contributed by atoms with Crippen LogP contribution in [0.4, 0.5) is 0 Å². The van der Waals surface area contributed by atoms with Gasteiger partial charge in [0, 0.05) is 5.92 Å².